The molecule has 0 aliphatic heterocycles. The molecule has 0 aromatic carbocycles. The molecule has 4 heavy (non-hydrogen) atoms. The van der Waals surface area contributed by atoms with Crippen molar-refractivity contribution in [3.05, 3.63) is 0 Å². The summed E-state index contributed by atoms with van der Waals surface area (Å²) in [5.41, 5.74) is 0. The maximum atomic E-state index is 8.06. The number of hydrogen-bond acceptors (Lipinski definition) is 1. The van der Waals surface area contributed by atoms with Gasteiger partial charge in [0, 0.05) is 69.6 Å². The summed E-state index contributed by atoms with van der Waals surface area (Å²) >= 11 is 0. The molecule has 1 nitrogen and oxygen atoms in total. The molecule has 0 saturated heterocycles. The molecule has 0 aliphatic rings. The van der Waals surface area contributed by atoms with Gasteiger partial charge in [0.2, 0.25) is 0 Å². The van der Waals surface area contributed by atoms with Gasteiger partial charge in [-0.25, -0.2) is 0 Å². The number of hydrogen-bond donors (Lipinski definition) is 0. The molecule has 0 atom stereocenters. The molecule has 0 heterocycles. The average molecular weight is 308 g/mol. The summed E-state index contributed by atoms with van der Waals surface area (Å²) in [5, 5.41) is 0. The van der Waals surface area contributed by atoms with Crippen LogP contribution in [0, 0.1) is 36.9 Å². The van der Waals surface area contributed by atoms with Crippen LogP contribution in [0.1, 0.15) is 0 Å². The van der Waals surface area contributed by atoms with Gasteiger partial charge < -0.3 is 4.46 Å². The van der Waals surface area contributed by atoms with Gasteiger partial charge in [-0.05, 0) is 0 Å². The van der Waals surface area contributed by atoms with E-state index >= 15 is 0 Å². The SMILES string of the molecule is O=[Si].[Lu].[Y]. The molecule has 0 saturated carbocycles. The predicted octanol–water partition coefficient (Wildman–Crippen LogP) is -0.502. The molecule has 0 N–H and O–H groups in total. The van der Waals surface area contributed by atoms with Gasteiger partial charge in [-0.2, -0.15) is 0 Å². The smallest absolute Gasteiger partial charge is 0.381 e. The Kier molecular flexibility index (Phi) is 74.1. The molecule has 0 bridgehead atoms. The van der Waals surface area contributed by atoms with Crippen LogP contribution in [-0.2, 0) is 37.2 Å². The second-order valence-electron chi connectivity index (χ2n) is 0. The van der Waals surface area contributed by atoms with Gasteiger partial charge in [0.25, 0.3) is 0 Å². The summed E-state index contributed by atoms with van der Waals surface area (Å²) in [5.74, 6) is 0. The van der Waals surface area contributed by atoms with Gasteiger partial charge in [0.15, 0.2) is 0 Å². The normalized spacial score (nSPS) is 1.00. The van der Waals surface area contributed by atoms with Gasteiger partial charge >= 0.3 is 10.1 Å². The van der Waals surface area contributed by atoms with Crippen LogP contribution in [0.5, 0.6) is 0 Å². The third kappa shape index (κ3) is 8.84. The summed E-state index contributed by atoms with van der Waals surface area (Å²) in [6.07, 6.45) is 0. The molecular weight excluding hydrogens is 308 g/mol. The third-order valence-corrected chi connectivity index (χ3v) is 0. The zero-order valence-electron chi connectivity index (χ0n) is 1.74. The van der Waals surface area contributed by atoms with E-state index in [1.54, 1.807) is 10.1 Å². The summed E-state index contributed by atoms with van der Waals surface area (Å²) in [4.78, 5) is 0. The molecule has 0 aliphatic carbocycles. The molecule has 0 spiro atoms. The van der Waals surface area contributed by atoms with E-state index in [-0.39, 0.29) is 69.6 Å². The summed E-state index contributed by atoms with van der Waals surface area (Å²) < 4.78 is 8.06. The molecule has 4 heteroatoms. The molecule has 0 rings (SSSR count). The van der Waals surface area contributed by atoms with Crippen molar-refractivity contribution in [2.24, 2.45) is 0 Å². The van der Waals surface area contributed by atoms with Crippen molar-refractivity contribution in [2.75, 3.05) is 0 Å². The molecule has 0 aromatic rings. The van der Waals surface area contributed by atoms with E-state index in [4.69, 9.17) is 4.46 Å². The standard InChI is InChI=1S/Lu.OSi.Y/c;1-2;. The van der Waals surface area contributed by atoms with E-state index < -0.39 is 0 Å². The minimum absolute atomic E-state index is 0. The van der Waals surface area contributed by atoms with Crippen LogP contribution in [0.15, 0.2) is 0 Å². The largest absolute Gasteiger partial charge is 0.381 e. The number of rotatable bonds is 0. The Bertz CT molecular complexity index is 8.00. The van der Waals surface area contributed by atoms with Crippen molar-refractivity contribution in [1.82, 2.24) is 0 Å². The Labute approximate surface area is 82.5 Å². The van der Waals surface area contributed by atoms with Crippen molar-refractivity contribution in [3.63, 3.8) is 0 Å². The molecule has 0 aromatic heterocycles. The summed E-state index contributed by atoms with van der Waals surface area (Å²) in [6.45, 7) is 0. The van der Waals surface area contributed by atoms with Crippen LogP contribution in [-0.4, -0.2) is 10.1 Å². The van der Waals surface area contributed by atoms with Crippen molar-refractivity contribution in [3.8, 4) is 0 Å². The monoisotopic (exact) mass is 308 g/mol. The van der Waals surface area contributed by atoms with Gasteiger partial charge in [-0.1, -0.05) is 0 Å². The Balaban J connectivity index is -0.00000000500. The third-order valence-electron chi connectivity index (χ3n) is 0. The minimum atomic E-state index is 0. The van der Waals surface area contributed by atoms with Crippen LogP contribution >= 0.6 is 0 Å². The van der Waals surface area contributed by atoms with Gasteiger partial charge in [0.1, 0.15) is 0 Å². The van der Waals surface area contributed by atoms with Gasteiger partial charge in [0.05, 0.1) is 0 Å². The van der Waals surface area contributed by atoms with Crippen LogP contribution < -0.4 is 0 Å². The maximum absolute atomic E-state index is 8.06. The average Bonchev–Trinajstić information content (AvgIpc) is 1.00. The molecule has 0 fully saturated rings. The minimum Gasteiger partial charge on any atom is -0.381 e. The topological polar surface area (TPSA) is 17.1 Å². The Morgan fingerprint density at radius 2 is 1.25 bits per heavy atom. The van der Waals surface area contributed by atoms with Crippen molar-refractivity contribution >= 4 is 10.1 Å². The van der Waals surface area contributed by atoms with E-state index in [1.165, 1.54) is 0 Å². The van der Waals surface area contributed by atoms with Crippen molar-refractivity contribution < 1.29 is 74.0 Å². The van der Waals surface area contributed by atoms with Crippen LogP contribution in [0.25, 0.3) is 0 Å². The maximum Gasteiger partial charge on any atom is 0.381 e. The van der Waals surface area contributed by atoms with Crippen molar-refractivity contribution in [1.29, 1.82) is 0 Å². The van der Waals surface area contributed by atoms with E-state index in [9.17, 15) is 0 Å². The first kappa shape index (κ1) is 16.2. The molecule has 4 radical (unpaired) electrons. The van der Waals surface area contributed by atoms with E-state index in [0.29, 0.717) is 0 Å². The first-order chi connectivity index (χ1) is 1.00. The Hall–Kier alpha value is 2.35. The van der Waals surface area contributed by atoms with Gasteiger partial charge in [-0.15, -0.1) is 0 Å². The molecule has 0 unspecified atom stereocenters. The summed E-state index contributed by atoms with van der Waals surface area (Å²) in [6, 6.07) is 0. The quantitative estimate of drug-likeness (QED) is 0.552. The predicted molar refractivity (Wildman–Crippen MR) is 6.44 cm³/mol. The zero-order chi connectivity index (χ0) is 2.00. The fourth-order valence-electron chi connectivity index (χ4n) is 0. The fraction of sp³-hybridized carbons (Fsp3) is 0. The Morgan fingerprint density at radius 1 is 1.25 bits per heavy atom. The van der Waals surface area contributed by atoms with Crippen LogP contribution in [0.2, 0.25) is 0 Å². The fourth-order valence-corrected chi connectivity index (χ4v) is 0. The molecule has 28 valence electrons. The second kappa shape index (κ2) is 18.3. The first-order valence-electron chi connectivity index (χ1n) is 0.204. The van der Waals surface area contributed by atoms with Crippen molar-refractivity contribution in [2.45, 2.75) is 0 Å². The zero-order valence-corrected chi connectivity index (χ0v) is 7.24. The molecule has 0 amide bonds. The van der Waals surface area contributed by atoms with E-state index in [0.717, 1.165) is 0 Å². The van der Waals surface area contributed by atoms with E-state index in [2.05, 4.69) is 0 Å². The summed E-state index contributed by atoms with van der Waals surface area (Å²) in [7, 11) is 1.72. The van der Waals surface area contributed by atoms with Crippen LogP contribution in [0.3, 0.4) is 0 Å². The second-order valence-corrected chi connectivity index (χ2v) is 0. The molecular formula is LuOSiY. The van der Waals surface area contributed by atoms with E-state index in [1.807, 2.05) is 0 Å². The van der Waals surface area contributed by atoms with Crippen LogP contribution in [0.4, 0.5) is 0 Å². The Morgan fingerprint density at radius 3 is 1.25 bits per heavy atom. The first-order valence-corrected chi connectivity index (χ1v) is 0.612. The van der Waals surface area contributed by atoms with Gasteiger partial charge in [-0.3, -0.25) is 0 Å².